The van der Waals surface area contributed by atoms with Crippen LogP contribution in [-0.4, -0.2) is 16.9 Å². The zero-order chi connectivity index (χ0) is 15.9. The van der Waals surface area contributed by atoms with E-state index in [-0.39, 0.29) is 18.4 Å². The van der Waals surface area contributed by atoms with E-state index in [4.69, 9.17) is 22.1 Å². The second kappa shape index (κ2) is 7.77. The summed E-state index contributed by atoms with van der Waals surface area (Å²) >= 11 is 6.17. The predicted octanol–water partition coefficient (Wildman–Crippen LogP) is 2.99. The third kappa shape index (κ3) is 5.02. The molecular formula is C16H18ClN3O2. The minimum atomic E-state index is -0.183. The van der Waals surface area contributed by atoms with Crippen LogP contribution in [0.1, 0.15) is 18.9 Å². The molecule has 0 aliphatic carbocycles. The first-order valence-corrected chi connectivity index (χ1v) is 7.29. The zero-order valence-corrected chi connectivity index (χ0v) is 13.0. The molecule has 1 amide bonds. The van der Waals surface area contributed by atoms with Gasteiger partial charge in [-0.3, -0.25) is 9.78 Å². The van der Waals surface area contributed by atoms with Gasteiger partial charge >= 0.3 is 0 Å². The lowest BCUT2D eigenvalue weighted by molar-refractivity contribution is -0.116. The fourth-order valence-corrected chi connectivity index (χ4v) is 2.08. The van der Waals surface area contributed by atoms with Crippen molar-refractivity contribution in [2.24, 2.45) is 5.73 Å². The molecule has 0 fully saturated rings. The Bertz CT molecular complexity index is 633. The highest BCUT2D eigenvalue weighted by atomic mass is 35.5. The number of nitrogens with one attached hydrogen (secondary N) is 1. The van der Waals surface area contributed by atoms with E-state index < -0.39 is 0 Å². The number of halogens is 1. The molecule has 1 atom stereocenters. The maximum absolute atomic E-state index is 11.7. The van der Waals surface area contributed by atoms with Gasteiger partial charge in [-0.05, 0) is 31.2 Å². The highest BCUT2D eigenvalue weighted by molar-refractivity contribution is 6.32. The van der Waals surface area contributed by atoms with Gasteiger partial charge in [-0.1, -0.05) is 17.7 Å². The summed E-state index contributed by atoms with van der Waals surface area (Å²) in [5.41, 5.74) is 7.15. The lowest BCUT2D eigenvalue weighted by Gasteiger charge is -2.11. The third-order valence-electron chi connectivity index (χ3n) is 2.84. The van der Waals surface area contributed by atoms with Crippen molar-refractivity contribution in [1.29, 1.82) is 0 Å². The first kappa shape index (κ1) is 16.3. The SMILES string of the molecule is CC(N)CC(=O)Nc1ccc(OCc2cccnc2)c(Cl)c1. The number of hydrogen-bond donors (Lipinski definition) is 2. The van der Waals surface area contributed by atoms with Crippen LogP contribution >= 0.6 is 11.6 Å². The molecule has 6 heteroatoms. The van der Waals surface area contributed by atoms with Gasteiger partial charge in [0.1, 0.15) is 12.4 Å². The van der Waals surface area contributed by atoms with Crippen LogP contribution in [0, 0.1) is 0 Å². The number of nitrogens with zero attached hydrogens (tertiary/aromatic N) is 1. The van der Waals surface area contributed by atoms with Crippen molar-refractivity contribution in [2.45, 2.75) is 26.0 Å². The Morgan fingerprint density at radius 3 is 2.91 bits per heavy atom. The molecule has 1 aromatic carbocycles. The first-order valence-electron chi connectivity index (χ1n) is 6.91. The number of nitrogens with two attached hydrogens (primary N) is 1. The summed E-state index contributed by atoms with van der Waals surface area (Å²) < 4.78 is 5.64. The molecule has 0 radical (unpaired) electrons. The Labute approximate surface area is 134 Å². The van der Waals surface area contributed by atoms with Crippen molar-refractivity contribution in [3.63, 3.8) is 0 Å². The molecule has 22 heavy (non-hydrogen) atoms. The van der Waals surface area contributed by atoms with E-state index in [9.17, 15) is 4.79 Å². The minimum absolute atomic E-state index is 0.143. The maximum Gasteiger partial charge on any atom is 0.225 e. The molecule has 5 nitrogen and oxygen atoms in total. The predicted molar refractivity (Wildman–Crippen MR) is 86.9 cm³/mol. The summed E-state index contributed by atoms with van der Waals surface area (Å²) in [7, 11) is 0. The number of ether oxygens (including phenoxy) is 1. The fraction of sp³-hybridized carbons (Fsp3) is 0.250. The lowest BCUT2D eigenvalue weighted by atomic mass is 10.2. The van der Waals surface area contributed by atoms with Crippen LogP contribution < -0.4 is 15.8 Å². The molecule has 0 bridgehead atoms. The van der Waals surface area contributed by atoms with Gasteiger partial charge in [0.05, 0.1) is 5.02 Å². The molecule has 1 aromatic heterocycles. The van der Waals surface area contributed by atoms with E-state index in [1.807, 2.05) is 12.1 Å². The van der Waals surface area contributed by atoms with Crippen molar-refractivity contribution >= 4 is 23.2 Å². The monoisotopic (exact) mass is 319 g/mol. The molecule has 0 aliphatic heterocycles. The molecule has 3 N–H and O–H groups in total. The Hall–Kier alpha value is -2.11. The van der Waals surface area contributed by atoms with Crippen molar-refractivity contribution < 1.29 is 9.53 Å². The second-order valence-corrected chi connectivity index (χ2v) is 5.43. The van der Waals surface area contributed by atoms with Crippen LogP contribution in [0.4, 0.5) is 5.69 Å². The van der Waals surface area contributed by atoms with Crippen LogP contribution in [0.3, 0.4) is 0 Å². The number of aromatic nitrogens is 1. The van der Waals surface area contributed by atoms with Gasteiger partial charge in [0.15, 0.2) is 0 Å². The number of carbonyl (C=O) groups is 1. The average molecular weight is 320 g/mol. The minimum Gasteiger partial charge on any atom is -0.487 e. The van der Waals surface area contributed by atoms with Gasteiger partial charge in [-0.25, -0.2) is 0 Å². The Morgan fingerprint density at radius 2 is 2.27 bits per heavy atom. The van der Waals surface area contributed by atoms with E-state index in [1.165, 1.54) is 0 Å². The van der Waals surface area contributed by atoms with Gasteiger partial charge in [-0.15, -0.1) is 0 Å². The van der Waals surface area contributed by atoms with E-state index in [0.717, 1.165) is 5.56 Å². The number of amides is 1. The molecule has 0 saturated heterocycles. The van der Waals surface area contributed by atoms with Crippen molar-refractivity contribution in [1.82, 2.24) is 4.98 Å². The molecule has 0 spiro atoms. The molecule has 116 valence electrons. The molecule has 2 aromatic rings. The van der Waals surface area contributed by atoms with E-state index in [1.54, 1.807) is 37.5 Å². The lowest BCUT2D eigenvalue weighted by Crippen LogP contribution is -2.23. The van der Waals surface area contributed by atoms with E-state index in [0.29, 0.717) is 23.1 Å². The Morgan fingerprint density at radius 1 is 1.45 bits per heavy atom. The number of pyridine rings is 1. The van der Waals surface area contributed by atoms with Gasteiger partial charge in [-0.2, -0.15) is 0 Å². The average Bonchev–Trinajstić information content (AvgIpc) is 2.46. The quantitative estimate of drug-likeness (QED) is 0.858. The van der Waals surface area contributed by atoms with Crippen LogP contribution in [0.5, 0.6) is 5.75 Å². The molecule has 1 heterocycles. The van der Waals surface area contributed by atoms with Crippen LogP contribution in [0.15, 0.2) is 42.7 Å². The van der Waals surface area contributed by atoms with Crippen LogP contribution in [0.2, 0.25) is 5.02 Å². The first-order chi connectivity index (χ1) is 10.5. The molecule has 0 saturated carbocycles. The second-order valence-electron chi connectivity index (χ2n) is 5.02. The van der Waals surface area contributed by atoms with Gasteiger partial charge in [0, 0.05) is 36.1 Å². The Kier molecular flexibility index (Phi) is 5.75. The molecule has 2 rings (SSSR count). The number of hydrogen-bond acceptors (Lipinski definition) is 4. The van der Waals surface area contributed by atoms with Gasteiger partial charge in [0.25, 0.3) is 0 Å². The summed E-state index contributed by atoms with van der Waals surface area (Å²) in [6, 6.07) is 8.70. The zero-order valence-electron chi connectivity index (χ0n) is 12.3. The topological polar surface area (TPSA) is 77.2 Å². The summed E-state index contributed by atoms with van der Waals surface area (Å²) in [5.74, 6) is 0.408. The third-order valence-corrected chi connectivity index (χ3v) is 3.14. The van der Waals surface area contributed by atoms with Gasteiger partial charge in [0.2, 0.25) is 5.91 Å². The van der Waals surface area contributed by atoms with Crippen LogP contribution in [-0.2, 0) is 11.4 Å². The van der Waals surface area contributed by atoms with Crippen molar-refractivity contribution in [3.8, 4) is 5.75 Å². The van der Waals surface area contributed by atoms with E-state index in [2.05, 4.69) is 10.3 Å². The summed E-state index contributed by atoms with van der Waals surface area (Å²) in [5, 5.41) is 3.18. The van der Waals surface area contributed by atoms with Crippen molar-refractivity contribution in [3.05, 3.63) is 53.3 Å². The largest absolute Gasteiger partial charge is 0.487 e. The summed E-state index contributed by atoms with van der Waals surface area (Å²) in [6.45, 7) is 2.16. The molecule has 0 aliphatic rings. The smallest absolute Gasteiger partial charge is 0.225 e. The summed E-state index contributed by atoms with van der Waals surface area (Å²) in [6.07, 6.45) is 3.70. The normalized spacial score (nSPS) is 11.8. The van der Waals surface area contributed by atoms with E-state index >= 15 is 0 Å². The molecular weight excluding hydrogens is 302 g/mol. The van der Waals surface area contributed by atoms with Crippen molar-refractivity contribution in [2.75, 3.05) is 5.32 Å². The maximum atomic E-state index is 11.7. The number of carbonyl (C=O) groups excluding carboxylic acids is 1. The summed E-state index contributed by atoms with van der Waals surface area (Å²) in [4.78, 5) is 15.7. The number of rotatable bonds is 6. The fourth-order valence-electron chi connectivity index (χ4n) is 1.84. The highest BCUT2D eigenvalue weighted by Gasteiger charge is 2.08. The number of anilines is 1. The Balaban J connectivity index is 1.96. The van der Waals surface area contributed by atoms with Gasteiger partial charge < -0.3 is 15.8 Å². The standard InChI is InChI=1S/C16H18ClN3O2/c1-11(18)7-16(21)20-13-4-5-15(14(17)8-13)22-10-12-3-2-6-19-9-12/h2-6,8-9,11H,7,10,18H2,1H3,(H,20,21). The number of benzene rings is 1. The molecule has 1 unspecified atom stereocenters. The highest BCUT2D eigenvalue weighted by Crippen LogP contribution is 2.28. The van der Waals surface area contributed by atoms with Crippen LogP contribution in [0.25, 0.3) is 0 Å².